The molecule has 3 amide bonds. The average molecular weight is 430 g/mol. The molecule has 0 aromatic heterocycles. The predicted octanol–water partition coefficient (Wildman–Crippen LogP) is 2.05. The van der Waals surface area contributed by atoms with Gasteiger partial charge in [-0.15, -0.1) is 0 Å². The molecular formula is C24H35N3O4. The standard InChI is InChI=1S/C24H35N3O4/c1-22(2,3)26-20(29)18-24-13-12-23(4,31-24)16(17(24)21(30)27(18)15-10-11-15)19(28)25-14-8-6-5-7-9-14/h12-18H,5-11H2,1-4H3,(H,25,28)(H,26,29)/t16-,17+,18-,23-,24+/m1/s1. The SMILES string of the molecule is CC(C)(C)NC(=O)[C@H]1N(C2CC2)C(=O)[C@@H]2[C@H](C(=O)NC3CCCCC3)[C@@]3(C)C=C[C@]21O3. The number of rotatable bonds is 4. The Morgan fingerprint density at radius 3 is 2.35 bits per heavy atom. The zero-order chi connectivity index (χ0) is 22.2. The Labute approximate surface area is 184 Å². The fraction of sp³-hybridized carbons (Fsp3) is 0.792. The Hall–Kier alpha value is -1.89. The lowest BCUT2D eigenvalue weighted by molar-refractivity contribution is -0.146. The first-order valence-corrected chi connectivity index (χ1v) is 11.9. The molecule has 2 aliphatic carbocycles. The molecule has 2 saturated heterocycles. The Morgan fingerprint density at radius 1 is 1.06 bits per heavy atom. The molecule has 5 rings (SSSR count). The van der Waals surface area contributed by atoms with E-state index in [4.69, 9.17) is 4.74 Å². The summed E-state index contributed by atoms with van der Waals surface area (Å²) in [5.41, 5.74) is -2.36. The van der Waals surface area contributed by atoms with Crippen LogP contribution >= 0.6 is 0 Å². The van der Waals surface area contributed by atoms with Gasteiger partial charge in [-0.1, -0.05) is 31.4 Å². The van der Waals surface area contributed by atoms with E-state index in [0.717, 1.165) is 38.5 Å². The van der Waals surface area contributed by atoms with Crippen molar-refractivity contribution < 1.29 is 19.1 Å². The minimum Gasteiger partial charge on any atom is -0.356 e. The van der Waals surface area contributed by atoms with Gasteiger partial charge < -0.3 is 20.3 Å². The number of nitrogens with one attached hydrogen (secondary N) is 2. The molecule has 7 nitrogen and oxygen atoms in total. The molecule has 2 N–H and O–H groups in total. The quantitative estimate of drug-likeness (QED) is 0.670. The van der Waals surface area contributed by atoms with E-state index in [1.165, 1.54) is 6.42 Å². The molecule has 0 aromatic rings. The van der Waals surface area contributed by atoms with Gasteiger partial charge in [0.25, 0.3) is 0 Å². The van der Waals surface area contributed by atoms with E-state index >= 15 is 0 Å². The highest BCUT2D eigenvalue weighted by Gasteiger charge is 2.77. The van der Waals surface area contributed by atoms with E-state index in [1.54, 1.807) is 4.90 Å². The number of carbonyl (C=O) groups excluding carboxylic acids is 3. The highest BCUT2D eigenvalue weighted by Crippen LogP contribution is 2.61. The van der Waals surface area contributed by atoms with Crippen LogP contribution in [0.2, 0.25) is 0 Å². The summed E-state index contributed by atoms with van der Waals surface area (Å²) in [5, 5.41) is 6.28. The molecule has 0 aromatic carbocycles. The number of nitrogens with zero attached hydrogens (tertiary/aromatic N) is 1. The average Bonchev–Trinajstić information content (AvgIpc) is 3.34. The summed E-state index contributed by atoms with van der Waals surface area (Å²) < 4.78 is 6.53. The van der Waals surface area contributed by atoms with E-state index in [2.05, 4.69) is 10.6 Å². The van der Waals surface area contributed by atoms with Crippen LogP contribution in [0.4, 0.5) is 0 Å². The molecule has 2 bridgehead atoms. The van der Waals surface area contributed by atoms with Gasteiger partial charge in [-0.3, -0.25) is 14.4 Å². The van der Waals surface area contributed by atoms with Crippen molar-refractivity contribution in [1.29, 1.82) is 0 Å². The van der Waals surface area contributed by atoms with Gasteiger partial charge in [-0.05, 0) is 53.4 Å². The number of ether oxygens (including phenoxy) is 1. The summed E-state index contributed by atoms with van der Waals surface area (Å²) >= 11 is 0. The Kier molecular flexibility index (Phi) is 4.60. The monoisotopic (exact) mass is 429 g/mol. The van der Waals surface area contributed by atoms with Crippen LogP contribution in [0.5, 0.6) is 0 Å². The van der Waals surface area contributed by atoms with Crippen molar-refractivity contribution in [3.8, 4) is 0 Å². The van der Waals surface area contributed by atoms with Crippen molar-refractivity contribution in [3.63, 3.8) is 0 Å². The molecule has 5 atom stereocenters. The second kappa shape index (κ2) is 6.80. The molecule has 0 radical (unpaired) electrons. The Bertz CT molecular complexity index is 838. The zero-order valence-corrected chi connectivity index (χ0v) is 19.1. The molecule has 1 spiro atoms. The van der Waals surface area contributed by atoms with Crippen LogP contribution in [0.1, 0.15) is 72.6 Å². The highest BCUT2D eigenvalue weighted by atomic mass is 16.5. The third kappa shape index (κ3) is 3.22. The van der Waals surface area contributed by atoms with Crippen molar-refractivity contribution in [2.45, 2.75) is 108 Å². The van der Waals surface area contributed by atoms with E-state index in [-0.39, 0.29) is 29.8 Å². The van der Waals surface area contributed by atoms with Gasteiger partial charge in [0.15, 0.2) is 0 Å². The van der Waals surface area contributed by atoms with Crippen LogP contribution in [0.25, 0.3) is 0 Å². The third-order valence-corrected chi connectivity index (χ3v) is 7.66. The maximum absolute atomic E-state index is 13.7. The molecule has 3 heterocycles. The lowest BCUT2D eigenvalue weighted by Crippen LogP contribution is -2.58. The van der Waals surface area contributed by atoms with Crippen molar-refractivity contribution in [3.05, 3.63) is 12.2 Å². The molecule has 5 aliphatic rings. The minimum atomic E-state index is -1.07. The topological polar surface area (TPSA) is 87.7 Å². The van der Waals surface area contributed by atoms with Crippen LogP contribution in [0.15, 0.2) is 12.2 Å². The van der Waals surface area contributed by atoms with Crippen molar-refractivity contribution in [2.75, 3.05) is 0 Å². The molecular weight excluding hydrogens is 394 g/mol. The van der Waals surface area contributed by atoms with Crippen molar-refractivity contribution >= 4 is 17.7 Å². The predicted molar refractivity (Wildman–Crippen MR) is 115 cm³/mol. The number of hydrogen-bond acceptors (Lipinski definition) is 4. The van der Waals surface area contributed by atoms with Crippen LogP contribution in [0, 0.1) is 11.8 Å². The Morgan fingerprint density at radius 2 is 1.74 bits per heavy atom. The lowest BCUT2D eigenvalue weighted by atomic mass is 9.70. The summed E-state index contributed by atoms with van der Waals surface area (Å²) in [6, 6.07) is -0.503. The van der Waals surface area contributed by atoms with Gasteiger partial charge in [0, 0.05) is 17.6 Å². The molecule has 2 saturated carbocycles. The molecule has 4 fully saturated rings. The van der Waals surface area contributed by atoms with E-state index < -0.39 is 34.6 Å². The lowest BCUT2D eigenvalue weighted by Gasteiger charge is -2.35. The second-order valence-electron chi connectivity index (χ2n) is 11.4. The van der Waals surface area contributed by atoms with Crippen molar-refractivity contribution in [1.82, 2.24) is 15.5 Å². The van der Waals surface area contributed by atoms with Crippen LogP contribution in [-0.2, 0) is 19.1 Å². The summed E-state index contributed by atoms with van der Waals surface area (Å²) in [6.45, 7) is 7.68. The van der Waals surface area contributed by atoms with Crippen LogP contribution < -0.4 is 10.6 Å². The fourth-order valence-electron chi connectivity index (χ4n) is 6.29. The van der Waals surface area contributed by atoms with E-state index in [9.17, 15) is 14.4 Å². The number of amides is 3. The third-order valence-electron chi connectivity index (χ3n) is 7.66. The molecule has 7 heteroatoms. The molecule has 170 valence electrons. The summed E-state index contributed by atoms with van der Waals surface area (Å²) in [6.07, 6.45) is 11.0. The second-order valence-corrected chi connectivity index (χ2v) is 11.4. The van der Waals surface area contributed by atoms with E-state index in [1.807, 2.05) is 39.8 Å². The Balaban J connectivity index is 1.48. The van der Waals surface area contributed by atoms with Gasteiger partial charge in [0.1, 0.15) is 11.6 Å². The number of carbonyl (C=O) groups is 3. The number of fused-ring (bicyclic) bond motifs is 1. The summed E-state index contributed by atoms with van der Waals surface area (Å²) in [5.74, 6) is -1.67. The van der Waals surface area contributed by atoms with Crippen LogP contribution in [-0.4, -0.2) is 57.5 Å². The first-order chi connectivity index (χ1) is 14.6. The van der Waals surface area contributed by atoms with Crippen LogP contribution in [0.3, 0.4) is 0 Å². The van der Waals surface area contributed by atoms with Gasteiger partial charge in [0.05, 0.1) is 17.4 Å². The largest absolute Gasteiger partial charge is 0.356 e. The minimum absolute atomic E-state index is 0.0640. The highest BCUT2D eigenvalue weighted by molar-refractivity contribution is 6.00. The maximum atomic E-state index is 13.7. The summed E-state index contributed by atoms with van der Waals surface area (Å²) in [4.78, 5) is 42.4. The zero-order valence-electron chi connectivity index (χ0n) is 19.1. The normalized spacial score (nSPS) is 39.7. The maximum Gasteiger partial charge on any atom is 0.246 e. The first kappa shape index (κ1) is 21.0. The van der Waals surface area contributed by atoms with Gasteiger partial charge in [-0.2, -0.15) is 0 Å². The molecule has 31 heavy (non-hydrogen) atoms. The van der Waals surface area contributed by atoms with Crippen molar-refractivity contribution in [2.24, 2.45) is 11.8 Å². The summed E-state index contributed by atoms with van der Waals surface area (Å²) in [7, 11) is 0. The van der Waals surface area contributed by atoms with E-state index in [0.29, 0.717) is 0 Å². The van der Waals surface area contributed by atoms with Gasteiger partial charge in [0.2, 0.25) is 17.7 Å². The molecule has 3 aliphatic heterocycles. The van der Waals surface area contributed by atoms with Gasteiger partial charge >= 0.3 is 0 Å². The van der Waals surface area contributed by atoms with Gasteiger partial charge in [-0.25, -0.2) is 0 Å². The first-order valence-electron chi connectivity index (χ1n) is 11.9. The number of likely N-dealkylation sites (tertiary alicyclic amines) is 1. The number of hydrogen-bond donors (Lipinski definition) is 2. The smallest absolute Gasteiger partial charge is 0.246 e. The fourth-order valence-corrected chi connectivity index (χ4v) is 6.29. The molecule has 0 unspecified atom stereocenters.